The smallest absolute Gasteiger partial charge is 0.269 e. The number of nitrogens with one attached hydrogen (secondary N) is 1. The Kier molecular flexibility index (Phi) is 6.98. The van der Waals surface area contributed by atoms with Gasteiger partial charge in [0.15, 0.2) is 0 Å². The summed E-state index contributed by atoms with van der Waals surface area (Å²) in [5, 5.41) is 13.7. The van der Waals surface area contributed by atoms with Gasteiger partial charge in [0.1, 0.15) is 0 Å². The minimum Gasteiger partial charge on any atom is -0.380 e. The van der Waals surface area contributed by atoms with Crippen LogP contribution in [0.3, 0.4) is 0 Å². The average Bonchev–Trinajstić information content (AvgIpc) is 2.38. The second kappa shape index (κ2) is 8.60. The Labute approximate surface area is 107 Å². The van der Waals surface area contributed by atoms with Gasteiger partial charge in [-0.05, 0) is 24.9 Å². The molecule has 100 valence electrons. The molecular weight excluding hydrogens is 232 g/mol. The number of rotatable bonds is 9. The molecular formula is C13H20N2O3. The van der Waals surface area contributed by atoms with Crippen molar-refractivity contribution in [2.45, 2.75) is 19.8 Å². The summed E-state index contributed by atoms with van der Waals surface area (Å²) in [5.74, 6) is 0. The van der Waals surface area contributed by atoms with Crippen molar-refractivity contribution in [2.24, 2.45) is 0 Å². The monoisotopic (exact) mass is 252 g/mol. The van der Waals surface area contributed by atoms with Gasteiger partial charge in [-0.15, -0.1) is 0 Å². The molecule has 5 heteroatoms. The predicted octanol–water partition coefficient (Wildman–Crippen LogP) is 2.15. The van der Waals surface area contributed by atoms with Crippen LogP contribution in [0.4, 0.5) is 5.69 Å². The molecule has 0 radical (unpaired) electrons. The fourth-order valence-electron chi connectivity index (χ4n) is 1.52. The van der Waals surface area contributed by atoms with E-state index >= 15 is 0 Å². The maximum atomic E-state index is 10.5. The average molecular weight is 252 g/mol. The van der Waals surface area contributed by atoms with Crippen molar-refractivity contribution in [3.05, 3.63) is 39.9 Å². The van der Waals surface area contributed by atoms with Crippen molar-refractivity contribution in [3.8, 4) is 0 Å². The molecule has 0 aliphatic heterocycles. The number of nitro benzene ring substituents is 1. The molecule has 1 N–H and O–H groups in total. The largest absolute Gasteiger partial charge is 0.380 e. The molecule has 0 unspecified atom stereocenters. The van der Waals surface area contributed by atoms with Crippen LogP contribution in [-0.2, 0) is 11.2 Å². The van der Waals surface area contributed by atoms with E-state index in [9.17, 15) is 10.1 Å². The molecule has 0 bridgehead atoms. The Balaban J connectivity index is 2.14. The van der Waals surface area contributed by atoms with Gasteiger partial charge in [0.25, 0.3) is 5.69 Å². The highest BCUT2D eigenvalue weighted by atomic mass is 16.6. The summed E-state index contributed by atoms with van der Waals surface area (Å²) >= 11 is 0. The number of non-ortho nitro benzene ring substituents is 1. The third-order valence-electron chi connectivity index (χ3n) is 2.53. The Morgan fingerprint density at radius 3 is 2.56 bits per heavy atom. The highest BCUT2D eigenvalue weighted by Gasteiger charge is 2.03. The first-order valence-electron chi connectivity index (χ1n) is 6.26. The first kappa shape index (κ1) is 14.6. The Morgan fingerprint density at radius 2 is 1.94 bits per heavy atom. The number of nitrogens with zero attached hydrogens (tertiary/aromatic N) is 1. The Morgan fingerprint density at radius 1 is 1.22 bits per heavy atom. The molecule has 0 amide bonds. The van der Waals surface area contributed by atoms with Crippen molar-refractivity contribution < 1.29 is 9.66 Å². The molecule has 0 spiro atoms. The van der Waals surface area contributed by atoms with Crippen LogP contribution < -0.4 is 5.32 Å². The molecule has 0 saturated carbocycles. The molecule has 5 nitrogen and oxygen atoms in total. The van der Waals surface area contributed by atoms with E-state index in [1.54, 1.807) is 12.1 Å². The number of ether oxygens (including phenoxy) is 1. The maximum Gasteiger partial charge on any atom is 0.269 e. The van der Waals surface area contributed by atoms with Crippen LogP contribution in [0.15, 0.2) is 24.3 Å². The molecule has 0 atom stereocenters. The summed E-state index contributed by atoms with van der Waals surface area (Å²) in [6, 6.07) is 6.60. The third-order valence-corrected chi connectivity index (χ3v) is 2.53. The van der Waals surface area contributed by atoms with Gasteiger partial charge in [0.05, 0.1) is 18.1 Å². The quantitative estimate of drug-likeness (QED) is 0.415. The van der Waals surface area contributed by atoms with Gasteiger partial charge in [-0.2, -0.15) is 0 Å². The number of benzene rings is 1. The lowest BCUT2D eigenvalue weighted by atomic mass is 10.1. The van der Waals surface area contributed by atoms with E-state index in [2.05, 4.69) is 12.2 Å². The van der Waals surface area contributed by atoms with Gasteiger partial charge in [-0.3, -0.25) is 10.1 Å². The third kappa shape index (κ3) is 5.75. The van der Waals surface area contributed by atoms with E-state index in [-0.39, 0.29) is 10.6 Å². The first-order valence-corrected chi connectivity index (χ1v) is 6.26. The molecule has 0 aromatic heterocycles. The van der Waals surface area contributed by atoms with E-state index in [1.165, 1.54) is 12.1 Å². The van der Waals surface area contributed by atoms with Crippen molar-refractivity contribution in [3.63, 3.8) is 0 Å². The maximum absolute atomic E-state index is 10.5. The first-order chi connectivity index (χ1) is 8.74. The van der Waals surface area contributed by atoms with Crippen molar-refractivity contribution >= 4 is 5.69 Å². The second-order valence-electron chi connectivity index (χ2n) is 4.04. The SMILES string of the molecule is CCCNCCOCCc1ccc([N+](=O)[O-])cc1. The van der Waals surface area contributed by atoms with Crippen LogP contribution >= 0.6 is 0 Å². The van der Waals surface area contributed by atoms with E-state index < -0.39 is 0 Å². The van der Waals surface area contributed by atoms with E-state index in [0.717, 1.165) is 31.5 Å². The molecule has 1 aromatic rings. The lowest BCUT2D eigenvalue weighted by molar-refractivity contribution is -0.384. The number of nitro groups is 1. The normalized spacial score (nSPS) is 10.5. The van der Waals surface area contributed by atoms with E-state index in [1.807, 2.05) is 0 Å². The summed E-state index contributed by atoms with van der Waals surface area (Å²) in [7, 11) is 0. The van der Waals surface area contributed by atoms with Crippen molar-refractivity contribution in [1.82, 2.24) is 5.32 Å². The summed E-state index contributed by atoms with van der Waals surface area (Å²) < 4.78 is 5.47. The molecule has 0 fully saturated rings. The van der Waals surface area contributed by atoms with Crippen LogP contribution in [0, 0.1) is 10.1 Å². The van der Waals surface area contributed by atoms with E-state index in [4.69, 9.17) is 4.74 Å². The lowest BCUT2D eigenvalue weighted by Gasteiger charge is -2.05. The minimum absolute atomic E-state index is 0.128. The van der Waals surface area contributed by atoms with Crippen LogP contribution in [-0.4, -0.2) is 31.2 Å². The molecule has 0 saturated heterocycles. The molecule has 1 rings (SSSR count). The number of hydrogen-bond acceptors (Lipinski definition) is 4. The van der Waals surface area contributed by atoms with Gasteiger partial charge in [-0.25, -0.2) is 0 Å². The zero-order valence-electron chi connectivity index (χ0n) is 10.7. The molecule has 0 heterocycles. The number of hydrogen-bond donors (Lipinski definition) is 1. The predicted molar refractivity (Wildman–Crippen MR) is 70.8 cm³/mol. The highest BCUT2D eigenvalue weighted by Crippen LogP contribution is 2.12. The summed E-state index contributed by atoms with van der Waals surface area (Å²) in [5.41, 5.74) is 1.19. The van der Waals surface area contributed by atoms with Gasteiger partial charge >= 0.3 is 0 Å². The zero-order chi connectivity index (χ0) is 13.2. The van der Waals surface area contributed by atoms with Gasteiger partial charge < -0.3 is 10.1 Å². The molecule has 18 heavy (non-hydrogen) atoms. The fraction of sp³-hybridized carbons (Fsp3) is 0.538. The Hall–Kier alpha value is -1.46. The highest BCUT2D eigenvalue weighted by molar-refractivity contribution is 5.32. The molecule has 1 aromatic carbocycles. The van der Waals surface area contributed by atoms with Gasteiger partial charge in [0, 0.05) is 18.7 Å². The van der Waals surface area contributed by atoms with Crippen LogP contribution in [0.5, 0.6) is 0 Å². The van der Waals surface area contributed by atoms with Crippen LogP contribution in [0.1, 0.15) is 18.9 Å². The van der Waals surface area contributed by atoms with Gasteiger partial charge in [0.2, 0.25) is 0 Å². The lowest BCUT2D eigenvalue weighted by Crippen LogP contribution is -2.20. The minimum atomic E-state index is -0.389. The topological polar surface area (TPSA) is 64.4 Å². The molecule has 0 aliphatic rings. The van der Waals surface area contributed by atoms with Crippen LogP contribution in [0.25, 0.3) is 0 Å². The standard InChI is InChI=1S/C13H20N2O3/c1-2-8-14-9-11-18-10-7-12-3-5-13(6-4-12)15(16)17/h3-6,14H,2,7-11H2,1H3. The fourth-order valence-corrected chi connectivity index (χ4v) is 1.52. The van der Waals surface area contributed by atoms with Crippen LogP contribution in [0.2, 0.25) is 0 Å². The summed E-state index contributed by atoms with van der Waals surface area (Å²) in [6.45, 7) is 5.36. The summed E-state index contributed by atoms with van der Waals surface area (Å²) in [4.78, 5) is 10.1. The second-order valence-corrected chi connectivity index (χ2v) is 4.04. The van der Waals surface area contributed by atoms with E-state index in [0.29, 0.717) is 13.2 Å². The zero-order valence-corrected chi connectivity index (χ0v) is 10.7. The Bertz CT molecular complexity index is 352. The van der Waals surface area contributed by atoms with Crippen molar-refractivity contribution in [1.29, 1.82) is 0 Å². The molecule has 0 aliphatic carbocycles. The summed E-state index contributed by atoms with van der Waals surface area (Å²) in [6.07, 6.45) is 1.91. The van der Waals surface area contributed by atoms with Crippen molar-refractivity contribution in [2.75, 3.05) is 26.3 Å². The van der Waals surface area contributed by atoms with Gasteiger partial charge in [-0.1, -0.05) is 19.1 Å².